The molecule has 9 heteroatoms. The molecule has 2 amide bonds. The third-order valence-electron chi connectivity index (χ3n) is 5.54. The molecule has 0 atom stereocenters. The largest absolute Gasteiger partial charge is 0.340 e. The fraction of sp³-hybridized carbons (Fsp3) is 0.304. The Balaban J connectivity index is 1.33. The number of anilines is 2. The van der Waals surface area contributed by atoms with Crippen LogP contribution < -0.4 is 10.6 Å². The number of carbonyl (C=O) groups excluding carboxylic acids is 1. The number of rotatable bonds is 6. The van der Waals surface area contributed by atoms with E-state index in [0.29, 0.717) is 6.54 Å². The molecule has 0 unspecified atom stereocenters. The molecular formula is C23H24N6OS2. The normalized spacial score (nSPS) is 14.0. The van der Waals surface area contributed by atoms with Gasteiger partial charge in [0.05, 0.1) is 21.1 Å². The molecule has 164 valence electrons. The number of nitrogens with zero attached hydrogens (tertiary/aromatic N) is 4. The summed E-state index contributed by atoms with van der Waals surface area (Å²) in [5.74, 6) is 0.792. The minimum absolute atomic E-state index is 0.0273. The lowest BCUT2D eigenvalue weighted by Crippen LogP contribution is -2.42. The molecule has 0 saturated heterocycles. The molecule has 1 aliphatic rings. The third kappa shape index (κ3) is 4.31. The van der Waals surface area contributed by atoms with Crippen molar-refractivity contribution in [2.24, 2.45) is 0 Å². The molecule has 0 fully saturated rings. The number of fused-ring (bicyclic) bond motifs is 2. The standard InChI is InChI=1S/C23H24N6OS2/c1-2-3-8-24-23(30)29-9-6-15(7-10-29)20-12-17-21(25-13-26-22(17)32-20)28-16-4-5-19-18(11-16)27-14-31-19/h4-6,11-14H,2-3,7-10H2,1H3,(H,24,30)(H,25,26,28). The predicted octanol–water partition coefficient (Wildman–Crippen LogP) is 5.64. The molecule has 4 aromatic rings. The van der Waals surface area contributed by atoms with E-state index < -0.39 is 0 Å². The molecule has 1 aromatic carbocycles. The molecule has 0 aliphatic carbocycles. The molecule has 3 aromatic heterocycles. The van der Waals surface area contributed by atoms with Crippen molar-refractivity contribution in [3.63, 3.8) is 0 Å². The van der Waals surface area contributed by atoms with Crippen LogP contribution in [0.15, 0.2) is 42.2 Å². The van der Waals surface area contributed by atoms with Crippen LogP contribution in [0.25, 0.3) is 26.0 Å². The van der Waals surface area contributed by atoms with Gasteiger partial charge >= 0.3 is 6.03 Å². The Morgan fingerprint density at radius 2 is 2.16 bits per heavy atom. The fourth-order valence-corrected chi connectivity index (χ4v) is 5.47. The predicted molar refractivity (Wildman–Crippen MR) is 133 cm³/mol. The summed E-state index contributed by atoms with van der Waals surface area (Å²) in [6, 6.07) is 8.35. The monoisotopic (exact) mass is 464 g/mol. The van der Waals surface area contributed by atoms with Crippen LogP contribution in [0.2, 0.25) is 0 Å². The quantitative estimate of drug-likeness (QED) is 0.361. The molecule has 32 heavy (non-hydrogen) atoms. The SMILES string of the molecule is CCCCNC(=O)N1CC=C(c2cc3c(Nc4ccc5scnc5c4)ncnc3s2)CC1. The molecule has 2 N–H and O–H groups in total. The lowest BCUT2D eigenvalue weighted by atomic mass is 10.1. The fourth-order valence-electron chi connectivity index (χ4n) is 3.75. The molecular weight excluding hydrogens is 440 g/mol. The number of unbranched alkanes of at least 4 members (excludes halogenated alkanes) is 1. The summed E-state index contributed by atoms with van der Waals surface area (Å²) in [7, 11) is 0. The zero-order valence-corrected chi connectivity index (χ0v) is 19.4. The van der Waals surface area contributed by atoms with Gasteiger partial charge in [-0.2, -0.15) is 0 Å². The second-order valence-electron chi connectivity index (χ2n) is 7.72. The second kappa shape index (κ2) is 9.22. The number of urea groups is 1. The maximum Gasteiger partial charge on any atom is 0.317 e. The van der Waals surface area contributed by atoms with Gasteiger partial charge in [0.15, 0.2) is 0 Å². The van der Waals surface area contributed by atoms with Crippen molar-refractivity contribution in [3.8, 4) is 0 Å². The summed E-state index contributed by atoms with van der Waals surface area (Å²) >= 11 is 3.30. The van der Waals surface area contributed by atoms with Gasteiger partial charge < -0.3 is 15.5 Å². The van der Waals surface area contributed by atoms with E-state index in [1.165, 1.54) is 15.2 Å². The summed E-state index contributed by atoms with van der Waals surface area (Å²) in [6.45, 7) is 4.22. The summed E-state index contributed by atoms with van der Waals surface area (Å²) in [4.78, 5) is 29.7. The van der Waals surface area contributed by atoms with Crippen LogP contribution in [-0.4, -0.2) is 45.5 Å². The van der Waals surface area contributed by atoms with Crippen LogP contribution in [0.5, 0.6) is 0 Å². The summed E-state index contributed by atoms with van der Waals surface area (Å²) in [6.07, 6.45) is 6.69. The van der Waals surface area contributed by atoms with Gasteiger partial charge in [-0.1, -0.05) is 19.4 Å². The first-order chi connectivity index (χ1) is 15.7. The van der Waals surface area contributed by atoms with Crippen molar-refractivity contribution >= 4 is 66.2 Å². The maximum absolute atomic E-state index is 12.3. The van der Waals surface area contributed by atoms with Crippen LogP contribution in [0.1, 0.15) is 31.1 Å². The first-order valence-electron chi connectivity index (χ1n) is 10.8. The highest BCUT2D eigenvalue weighted by molar-refractivity contribution is 7.19. The number of hydrogen-bond donors (Lipinski definition) is 2. The number of amides is 2. The highest BCUT2D eigenvalue weighted by Gasteiger charge is 2.19. The summed E-state index contributed by atoms with van der Waals surface area (Å²) in [5.41, 5.74) is 5.06. The molecule has 7 nitrogen and oxygen atoms in total. The van der Waals surface area contributed by atoms with E-state index >= 15 is 0 Å². The van der Waals surface area contributed by atoms with Crippen molar-refractivity contribution in [2.45, 2.75) is 26.2 Å². The van der Waals surface area contributed by atoms with E-state index in [2.05, 4.69) is 50.7 Å². The average Bonchev–Trinajstić information content (AvgIpc) is 3.46. The van der Waals surface area contributed by atoms with Gasteiger partial charge in [-0.3, -0.25) is 0 Å². The first kappa shape index (κ1) is 20.8. The Hall–Kier alpha value is -3.04. The lowest BCUT2D eigenvalue weighted by Gasteiger charge is -2.26. The van der Waals surface area contributed by atoms with E-state index in [0.717, 1.165) is 59.6 Å². The number of aromatic nitrogens is 3. The average molecular weight is 465 g/mol. The van der Waals surface area contributed by atoms with Gasteiger partial charge in [0.2, 0.25) is 0 Å². The van der Waals surface area contributed by atoms with E-state index in [1.807, 2.05) is 22.5 Å². The number of hydrogen-bond acceptors (Lipinski definition) is 7. The summed E-state index contributed by atoms with van der Waals surface area (Å²) < 4.78 is 1.17. The zero-order chi connectivity index (χ0) is 21.9. The number of thiazole rings is 1. The topological polar surface area (TPSA) is 83.0 Å². The minimum atomic E-state index is 0.0273. The van der Waals surface area contributed by atoms with Crippen molar-refractivity contribution < 1.29 is 4.79 Å². The maximum atomic E-state index is 12.3. The van der Waals surface area contributed by atoms with Crippen molar-refractivity contribution in [1.29, 1.82) is 0 Å². The number of nitrogens with one attached hydrogen (secondary N) is 2. The lowest BCUT2D eigenvalue weighted by molar-refractivity contribution is 0.203. The highest BCUT2D eigenvalue weighted by atomic mass is 32.1. The Morgan fingerprint density at radius 3 is 3.00 bits per heavy atom. The van der Waals surface area contributed by atoms with Gasteiger partial charge in [-0.25, -0.2) is 19.7 Å². The molecule has 0 saturated carbocycles. The van der Waals surface area contributed by atoms with E-state index in [1.54, 1.807) is 29.0 Å². The Kier molecular flexibility index (Phi) is 6.00. The van der Waals surface area contributed by atoms with Crippen molar-refractivity contribution in [3.05, 3.63) is 47.1 Å². The van der Waals surface area contributed by atoms with Crippen molar-refractivity contribution in [1.82, 2.24) is 25.2 Å². The van der Waals surface area contributed by atoms with Crippen LogP contribution in [0.3, 0.4) is 0 Å². The van der Waals surface area contributed by atoms with Crippen molar-refractivity contribution in [2.75, 3.05) is 25.0 Å². The molecule has 0 radical (unpaired) electrons. The minimum Gasteiger partial charge on any atom is -0.340 e. The number of thiophene rings is 1. The zero-order valence-electron chi connectivity index (χ0n) is 17.8. The van der Waals surface area contributed by atoms with Gasteiger partial charge in [-0.15, -0.1) is 22.7 Å². The number of carbonyl (C=O) groups is 1. The van der Waals surface area contributed by atoms with Crippen LogP contribution in [0, 0.1) is 0 Å². The smallest absolute Gasteiger partial charge is 0.317 e. The second-order valence-corrected chi connectivity index (χ2v) is 9.64. The molecule has 0 bridgehead atoms. The highest BCUT2D eigenvalue weighted by Crippen LogP contribution is 2.36. The van der Waals surface area contributed by atoms with Crippen LogP contribution in [-0.2, 0) is 0 Å². The Labute approximate surface area is 194 Å². The van der Waals surface area contributed by atoms with Gasteiger partial charge in [0.25, 0.3) is 0 Å². The van der Waals surface area contributed by atoms with Gasteiger partial charge in [0.1, 0.15) is 17.0 Å². The molecule has 0 spiro atoms. The van der Waals surface area contributed by atoms with Gasteiger partial charge in [-0.05, 0) is 42.7 Å². The Morgan fingerprint density at radius 1 is 1.22 bits per heavy atom. The molecule has 4 heterocycles. The third-order valence-corrected chi connectivity index (χ3v) is 7.47. The van der Waals surface area contributed by atoms with E-state index in [4.69, 9.17) is 0 Å². The first-order valence-corrected chi connectivity index (χ1v) is 12.5. The molecule has 1 aliphatic heterocycles. The Bertz CT molecular complexity index is 1290. The molecule has 5 rings (SSSR count). The van der Waals surface area contributed by atoms with E-state index in [9.17, 15) is 4.79 Å². The van der Waals surface area contributed by atoms with Crippen LogP contribution in [0.4, 0.5) is 16.3 Å². The van der Waals surface area contributed by atoms with Crippen LogP contribution >= 0.6 is 22.7 Å². The summed E-state index contributed by atoms with van der Waals surface area (Å²) in [5, 5.41) is 7.44. The van der Waals surface area contributed by atoms with Gasteiger partial charge in [0, 0.05) is 30.2 Å². The number of benzene rings is 1. The van der Waals surface area contributed by atoms with E-state index in [-0.39, 0.29) is 6.03 Å².